The molecule has 0 radical (unpaired) electrons. The van der Waals surface area contributed by atoms with Crippen molar-refractivity contribution in [2.75, 3.05) is 6.61 Å². The SMILES string of the molecule is CC1OCCC1(O)CCc1nccn1C. The summed E-state index contributed by atoms with van der Waals surface area (Å²) < 4.78 is 7.38. The van der Waals surface area contributed by atoms with E-state index in [2.05, 4.69) is 4.98 Å². The van der Waals surface area contributed by atoms with Gasteiger partial charge in [-0.05, 0) is 13.3 Å². The van der Waals surface area contributed by atoms with Crippen LogP contribution in [0.25, 0.3) is 0 Å². The van der Waals surface area contributed by atoms with Crippen LogP contribution in [0.1, 0.15) is 25.6 Å². The first-order chi connectivity index (χ1) is 7.12. The summed E-state index contributed by atoms with van der Waals surface area (Å²) in [7, 11) is 1.97. The molecule has 15 heavy (non-hydrogen) atoms. The van der Waals surface area contributed by atoms with Crippen LogP contribution in [0.2, 0.25) is 0 Å². The second kappa shape index (κ2) is 3.94. The van der Waals surface area contributed by atoms with E-state index in [4.69, 9.17) is 4.74 Å². The summed E-state index contributed by atoms with van der Waals surface area (Å²) in [6, 6.07) is 0. The molecule has 1 N–H and O–H groups in total. The highest BCUT2D eigenvalue weighted by Crippen LogP contribution is 2.29. The first kappa shape index (κ1) is 10.6. The van der Waals surface area contributed by atoms with Crippen molar-refractivity contribution in [1.29, 1.82) is 0 Å². The molecule has 0 spiro atoms. The molecule has 0 aromatic carbocycles. The van der Waals surface area contributed by atoms with Gasteiger partial charge < -0.3 is 14.4 Å². The zero-order valence-corrected chi connectivity index (χ0v) is 9.31. The fourth-order valence-corrected chi connectivity index (χ4v) is 2.06. The van der Waals surface area contributed by atoms with Gasteiger partial charge in [0.1, 0.15) is 5.82 Å². The molecule has 1 aliphatic rings. The van der Waals surface area contributed by atoms with Crippen molar-refractivity contribution in [1.82, 2.24) is 9.55 Å². The largest absolute Gasteiger partial charge is 0.387 e. The average Bonchev–Trinajstić information content (AvgIpc) is 2.73. The fourth-order valence-electron chi connectivity index (χ4n) is 2.06. The third kappa shape index (κ3) is 2.06. The molecule has 1 saturated heterocycles. The van der Waals surface area contributed by atoms with Gasteiger partial charge in [-0.25, -0.2) is 4.98 Å². The monoisotopic (exact) mass is 210 g/mol. The lowest BCUT2D eigenvalue weighted by molar-refractivity contribution is -0.0331. The summed E-state index contributed by atoms with van der Waals surface area (Å²) in [6.07, 6.45) is 5.91. The van der Waals surface area contributed by atoms with Gasteiger partial charge >= 0.3 is 0 Å². The van der Waals surface area contributed by atoms with Crippen LogP contribution < -0.4 is 0 Å². The van der Waals surface area contributed by atoms with Crippen molar-refractivity contribution < 1.29 is 9.84 Å². The number of nitrogens with zero attached hydrogens (tertiary/aromatic N) is 2. The normalized spacial score (nSPS) is 31.0. The number of aliphatic hydroxyl groups is 1. The Morgan fingerprint density at radius 3 is 3.07 bits per heavy atom. The molecule has 2 heterocycles. The third-order valence-corrected chi connectivity index (χ3v) is 3.36. The second-order valence-electron chi connectivity index (χ2n) is 4.32. The Bertz CT molecular complexity index is 337. The van der Waals surface area contributed by atoms with Crippen LogP contribution in [0.15, 0.2) is 12.4 Å². The van der Waals surface area contributed by atoms with Gasteiger partial charge in [0.05, 0.1) is 11.7 Å². The van der Waals surface area contributed by atoms with E-state index in [1.165, 1.54) is 0 Å². The maximum atomic E-state index is 10.3. The molecule has 84 valence electrons. The highest BCUT2D eigenvalue weighted by atomic mass is 16.5. The Kier molecular flexibility index (Phi) is 2.80. The molecule has 0 amide bonds. The molecule has 2 atom stereocenters. The Morgan fingerprint density at radius 1 is 1.73 bits per heavy atom. The number of aryl methyl sites for hydroxylation is 2. The zero-order valence-electron chi connectivity index (χ0n) is 9.31. The molecule has 1 aromatic rings. The van der Waals surface area contributed by atoms with E-state index in [9.17, 15) is 5.11 Å². The van der Waals surface area contributed by atoms with E-state index < -0.39 is 5.60 Å². The molecular formula is C11H18N2O2. The van der Waals surface area contributed by atoms with Crippen molar-refractivity contribution in [2.24, 2.45) is 7.05 Å². The summed E-state index contributed by atoms with van der Waals surface area (Å²) in [6.45, 7) is 2.60. The molecule has 0 saturated carbocycles. The smallest absolute Gasteiger partial charge is 0.108 e. The summed E-state index contributed by atoms with van der Waals surface area (Å²) in [5.74, 6) is 1.02. The van der Waals surface area contributed by atoms with Crippen LogP contribution in [-0.4, -0.2) is 33.0 Å². The van der Waals surface area contributed by atoms with E-state index in [1.807, 2.05) is 24.7 Å². The summed E-state index contributed by atoms with van der Waals surface area (Å²) in [5.41, 5.74) is -0.661. The van der Waals surface area contributed by atoms with Gasteiger partial charge in [0.2, 0.25) is 0 Å². The number of rotatable bonds is 3. The Balaban J connectivity index is 1.96. The lowest BCUT2D eigenvalue weighted by Gasteiger charge is -2.25. The van der Waals surface area contributed by atoms with Gasteiger partial charge in [0.15, 0.2) is 0 Å². The maximum Gasteiger partial charge on any atom is 0.108 e. The summed E-state index contributed by atoms with van der Waals surface area (Å²) in [5, 5.41) is 10.3. The molecule has 1 fully saturated rings. The predicted molar refractivity (Wildman–Crippen MR) is 56.5 cm³/mol. The minimum Gasteiger partial charge on any atom is -0.387 e. The van der Waals surface area contributed by atoms with Crippen LogP contribution >= 0.6 is 0 Å². The highest BCUT2D eigenvalue weighted by Gasteiger charge is 2.39. The van der Waals surface area contributed by atoms with Gasteiger partial charge in [-0.3, -0.25) is 0 Å². The van der Waals surface area contributed by atoms with Crippen molar-refractivity contribution in [3.8, 4) is 0 Å². The van der Waals surface area contributed by atoms with Crippen molar-refractivity contribution >= 4 is 0 Å². The van der Waals surface area contributed by atoms with Gasteiger partial charge in [-0.1, -0.05) is 0 Å². The molecule has 4 nitrogen and oxygen atoms in total. The Labute approximate surface area is 89.9 Å². The Morgan fingerprint density at radius 2 is 2.53 bits per heavy atom. The number of hydrogen-bond acceptors (Lipinski definition) is 3. The van der Waals surface area contributed by atoms with Gasteiger partial charge in [0.25, 0.3) is 0 Å². The topological polar surface area (TPSA) is 47.3 Å². The van der Waals surface area contributed by atoms with Gasteiger partial charge in [0, 0.05) is 38.9 Å². The quantitative estimate of drug-likeness (QED) is 0.806. The van der Waals surface area contributed by atoms with E-state index in [0.29, 0.717) is 6.61 Å². The lowest BCUT2D eigenvalue weighted by atomic mass is 9.91. The van der Waals surface area contributed by atoms with Gasteiger partial charge in [-0.15, -0.1) is 0 Å². The van der Waals surface area contributed by atoms with E-state index in [0.717, 1.165) is 25.1 Å². The van der Waals surface area contributed by atoms with Crippen LogP contribution in [-0.2, 0) is 18.2 Å². The standard InChI is InChI=1S/C11H18N2O2/c1-9-11(14,5-8-15-9)4-3-10-12-6-7-13(10)2/h6-7,9,14H,3-5,8H2,1-2H3. The third-order valence-electron chi connectivity index (χ3n) is 3.36. The van der Waals surface area contributed by atoms with Crippen LogP contribution in [0, 0.1) is 0 Å². The lowest BCUT2D eigenvalue weighted by Crippen LogP contribution is -2.36. The number of imidazole rings is 1. The van der Waals surface area contributed by atoms with Gasteiger partial charge in [-0.2, -0.15) is 0 Å². The van der Waals surface area contributed by atoms with Crippen LogP contribution in [0.3, 0.4) is 0 Å². The number of hydrogen-bond donors (Lipinski definition) is 1. The molecule has 1 aromatic heterocycles. The summed E-state index contributed by atoms with van der Waals surface area (Å²) in [4.78, 5) is 4.24. The first-order valence-electron chi connectivity index (χ1n) is 5.42. The van der Waals surface area contributed by atoms with Crippen molar-refractivity contribution in [2.45, 2.75) is 37.9 Å². The molecule has 0 bridgehead atoms. The second-order valence-corrected chi connectivity index (χ2v) is 4.32. The molecule has 4 heteroatoms. The first-order valence-corrected chi connectivity index (χ1v) is 5.42. The van der Waals surface area contributed by atoms with E-state index >= 15 is 0 Å². The minimum absolute atomic E-state index is 0.0576. The van der Waals surface area contributed by atoms with Crippen LogP contribution in [0.5, 0.6) is 0 Å². The number of ether oxygens (including phenoxy) is 1. The molecule has 1 aliphatic heterocycles. The number of aromatic nitrogens is 2. The van der Waals surface area contributed by atoms with E-state index in [-0.39, 0.29) is 6.10 Å². The minimum atomic E-state index is -0.661. The van der Waals surface area contributed by atoms with Crippen molar-refractivity contribution in [3.05, 3.63) is 18.2 Å². The van der Waals surface area contributed by atoms with Crippen molar-refractivity contribution in [3.63, 3.8) is 0 Å². The molecule has 2 unspecified atom stereocenters. The molecular weight excluding hydrogens is 192 g/mol. The summed E-state index contributed by atoms with van der Waals surface area (Å²) >= 11 is 0. The Hall–Kier alpha value is -0.870. The van der Waals surface area contributed by atoms with E-state index in [1.54, 1.807) is 6.20 Å². The average molecular weight is 210 g/mol. The fraction of sp³-hybridized carbons (Fsp3) is 0.727. The predicted octanol–water partition coefficient (Wildman–Crippen LogP) is 0.893. The van der Waals surface area contributed by atoms with Crippen LogP contribution in [0.4, 0.5) is 0 Å². The molecule has 2 rings (SSSR count). The molecule has 0 aliphatic carbocycles. The zero-order chi connectivity index (χ0) is 10.9. The highest BCUT2D eigenvalue weighted by molar-refractivity contribution is 4.96. The maximum absolute atomic E-state index is 10.3.